The Balaban J connectivity index is 1.48. The van der Waals surface area contributed by atoms with Gasteiger partial charge in [0, 0.05) is 30.6 Å². The van der Waals surface area contributed by atoms with Gasteiger partial charge in [0.05, 0.1) is 11.4 Å². The molecule has 0 saturated heterocycles. The SMILES string of the molecule is CN(C)Cc1ccccc1-c1ccc(NC(=O)c2cc(C(F)(F)F)nn2-c2cccc(-c3cccnc3)c2)c(F)c1. The van der Waals surface area contributed by atoms with E-state index in [1.165, 1.54) is 18.2 Å². The number of nitrogens with zero attached hydrogens (tertiary/aromatic N) is 4. The first-order valence-corrected chi connectivity index (χ1v) is 12.6. The van der Waals surface area contributed by atoms with Crippen LogP contribution in [0.15, 0.2) is 97.3 Å². The zero-order valence-corrected chi connectivity index (χ0v) is 22.2. The number of benzene rings is 3. The number of nitrogens with one attached hydrogen (secondary N) is 1. The predicted molar refractivity (Wildman–Crippen MR) is 149 cm³/mol. The number of amides is 1. The molecule has 0 radical (unpaired) electrons. The molecule has 0 atom stereocenters. The third-order valence-electron chi connectivity index (χ3n) is 6.35. The third kappa shape index (κ3) is 6.17. The van der Waals surface area contributed by atoms with E-state index < -0.39 is 29.3 Å². The maximum Gasteiger partial charge on any atom is 0.435 e. The van der Waals surface area contributed by atoms with Gasteiger partial charge >= 0.3 is 6.18 Å². The standard InChI is InChI=1S/C31H25F4N5O/c1-39(2)19-23-7-3-4-11-25(23)21-12-13-27(26(32)16-21)37-30(41)28-17-29(31(33,34)35)38-40(28)24-10-5-8-20(15-24)22-9-6-14-36-18-22/h3-18H,19H2,1-2H3,(H,37,41). The Morgan fingerprint density at radius 3 is 2.39 bits per heavy atom. The van der Waals surface area contributed by atoms with Crippen LogP contribution in [-0.4, -0.2) is 39.7 Å². The second kappa shape index (κ2) is 11.3. The minimum atomic E-state index is -4.80. The van der Waals surface area contributed by atoms with Crippen LogP contribution in [0.1, 0.15) is 21.7 Å². The molecule has 0 bridgehead atoms. The number of aromatic nitrogens is 3. The van der Waals surface area contributed by atoms with Gasteiger partial charge in [0.2, 0.25) is 0 Å². The average molecular weight is 560 g/mol. The first-order valence-electron chi connectivity index (χ1n) is 12.6. The second-order valence-electron chi connectivity index (χ2n) is 9.66. The van der Waals surface area contributed by atoms with E-state index in [9.17, 15) is 18.0 Å². The van der Waals surface area contributed by atoms with Gasteiger partial charge in [-0.1, -0.05) is 48.5 Å². The molecule has 0 aliphatic heterocycles. The van der Waals surface area contributed by atoms with Crippen molar-refractivity contribution in [1.29, 1.82) is 0 Å². The van der Waals surface area contributed by atoms with Gasteiger partial charge < -0.3 is 10.2 Å². The van der Waals surface area contributed by atoms with Crippen molar-refractivity contribution in [3.05, 3.63) is 120 Å². The first-order chi connectivity index (χ1) is 19.6. The predicted octanol–water partition coefficient (Wildman–Crippen LogP) is 7.07. The second-order valence-corrected chi connectivity index (χ2v) is 9.66. The van der Waals surface area contributed by atoms with Crippen molar-refractivity contribution < 1.29 is 22.4 Å². The summed E-state index contributed by atoms with van der Waals surface area (Å²) in [5, 5.41) is 6.09. The Kier molecular flexibility index (Phi) is 7.67. The van der Waals surface area contributed by atoms with Crippen molar-refractivity contribution in [2.24, 2.45) is 0 Å². The largest absolute Gasteiger partial charge is 0.435 e. The fourth-order valence-corrected chi connectivity index (χ4v) is 4.48. The molecule has 0 unspecified atom stereocenters. The molecule has 1 N–H and O–H groups in total. The summed E-state index contributed by atoms with van der Waals surface area (Å²) in [7, 11) is 3.86. The molecule has 0 fully saturated rings. The van der Waals surface area contributed by atoms with Crippen molar-refractivity contribution in [3.8, 4) is 27.9 Å². The van der Waals surface area contributed by atoms with Crippen LogP contribution in [0.4, 0.5) is 23.2 Å². The van der Waals surface area contributed by atoms with E-state index in [1.807, 2.05) is 43.3 Å². The van der Waals surface area contributed by atoms with Crippen LogP contribution in [-0.2, 0) is 12.7 Å². The summed E-state index contributed by atoms with van der Waals surface area (Å²) in [5.74, 6) is -1.67. The van der Waals surface area contributed by atoms with Crippen LogP contribution >= 0.6 is 0 Å². The summed E-state index contributed by atoms with van der Waals surface area (Å²) in [4.78, 5) is 19.3. The van der Waals surface area contributed by atoms with Crippen molar-refractivity contribution in [2.45, 2.75) is 12.7 Å². The number of alkyl halides is 3. The van der Waals surface area contributed by atoms with Crippen molar-refractivity contribution in [2.75, 3.05) is 19.4 Å². The molecule has 3 aromatic carbocycles. The minimum absolute atomic E-state index is 0.172. The number of carbonyl (C=O) groups is 1. The molecule has 1 amide bonds. The average Bonchev–Trinajstić information content (AvgIpc) is 3.42. The molecule has 208 valence electrons. The highest BCUT2D eigenvalue weighted by atomic mass is 19.4. The normalized spacial score (nSPS) is 11.6. The van der Waals surface area contributed by atoms with Crippen LogP contribution in [0.25, 0.3) is 27.9 Å². The number of anilines is 1. The number of pyridine rings is 1. The monoisotopic (exact) mass is 559 g/mol. The molecule has 0 spiro atoms. The van der Waals surface area contributed by atoms with Crippen LogP contribution in [0.5, 0.6) is 0 Å². The lowest BCUT2D eigenvalue weighted by Gasteiger charge is -2.15. The Morgan fingerprint density at radius 2 is 1.68 bits per heavy atom. The smallest absolute Gasteiger partial charge is 0.318 e. The molecule has 5 aromatic rings. The Labute approximate surface area is 233 Å². The number of hydrogen-bond donors (Lipinski definition) is 1. The fourth-order valence-electron chi connectivity index (χ4n) is 4.48. The van der Waals surface area contributed by atoms with E-state index in [0.29, 0.717) is 23.7 Å². The minimum Gasteiger partial charge on any atom is -0.318 e. The van der Waals surface area contributed by atoms with Gasteiger partial charge in [-0.2, -0.15) is 18.3 Å². The molecule has 10 heteroatoms. The van der Waals surface area contributed by atoms with Crippen molar-refractivity contribution in [3.63, 3.8) is 0 Å². The van der Waals surface area contributed by atoms with Crippen LogP contribution < -0.4 is 5.32 Å². The summed E-state index contributed by atoms with van der Waals surface area (Å²) in [5.41, 5.74) is 2.23. The van der Waals surface area contributed by atoms with Gasteiger partial charge in [-0.3, -0.25) is 9.78 Å². The van der Waals surface area contributed by atoms with Gasteiger partial charge in [0.25, 0.3) is 5.91 Å². The van der Waals surface area contributed by atoms with E-state index in [2.05, 4.69) is 15.4 Å². The Hall–Kier alpha value is -4.83. The number of hydrogen-bond acceptors (Lipinski definition) is 4. The molecular weight excluding hydrogens is 534 g/mol. The molecular formula is C31H25F4N5O. The van der Waals surface area contributed by atoms with Crippen molar-refractivity contribution in [1.82, 2.24) is 19.7 Å². The first kappa shape index (κ1) is 27.7. The quantitative estimate of drug-likeness (QED) is 0.217. The highest BCUT2D eigenvalue weighted by molar-refractivity contribution is 6.03. The van der Waals surface area contributed by atoms with E-state index in [-0.39, 0.29) is 11.4 Å². The Morgan fingerprint density at radius 1 is 0.902 bits per heavy atom. The molecule has 2 heterocycles. The lowest BCUT2D eigenvalue weighted by atomic mass is 9.99. The lowest BCUT2D eigenvalue weighted by molar-refractivity contribution is -0.141. The van der Waals surface area contributed by atoms with E-state index >= 15 is 4.39 Å². The van der Waals surface area contributed by atoms with E-state index in [1.54, 1.807) is 48.8 Å². The topological polar surface area (TPSA) is 63.1 Å². The summed E-state index contributed by atoms with van der Waals surface area (Å²) >= 11 is 0. The molecule has 2 aromatic heterocycles. The van der Waals surface area contributed by atoms with E-state index in [0.717, 1.165) is 21.4 Å². The van der Waals surface area contributed by atoms with Gasteiger partial charge in [-0.05, 0) is 66.7 Å². The fraction of sp³-hybridized carbons (Fsp3) is 0.129. The van der Waals surface area contributed by atoms with Crippen LogP contribution in [0, 0.1) is 5.82 Å². The van der Waals surface area contributed by atoms with Crippen LogP contribution in [0.3, 0.4) is 0 Å². The molecule has 0 aliphatic rings. The highest BCUT2D eigenvalue weighted by Gasteiger charge is 2.36. The maximum absolute atomic E-state index is 15.2. The van der Waals surface area contributed by atoms with Crippen LogP contribution in [0.2, 0.25) is 0 Å². The van der Waals surface area contributed by atoms with Gasteiger partial charge in [-0.25, -0.2) is 9.07 Å². The molecule has 0 aliphatic carbocycles. The van der Waals surface area contributed by atoms with Gasteiger partial charge in [0.1, 0.15) is 11.5 Å². The zero-order valence-electron chi connectivity index (χ0n) is 22.2. The summed E-state index contributed by atoms with van der Waals surface area (Å²) in [6.07, 6.45) is -1.58. The number of carbonyl (C=O) groups excluding carboxylic acids is 1. The van der Waals surface area contributed by atoms with E-state index in [4.69, 9.17) is 0 Å². The third-order valence-corrected chi connectivity index (χ3v) is 6.35. The highest BCUT2D eigenvalue weighted by Crippen LogP contribution is 2.32. The molecule has 41 heavy (non-hydrogen) atoms. The lowest BCUT2D eigenvalue weighted by Crippen LogP contribution is -2.17. The van der Waals surface area contributed by atoms with Gasteiger partial charge in [0.15, 0.2) is 5.69 Å². The molecule has 0 saturated carbocycles. The maximum atomic E-state index is 15.2. The van der Waals surface area contributed by atoms with Gasteiger partial charge in [-0.15, -0.1) is 0 Å². The number of halogens is 4. The Bertz CT molecular complexity index is 1700. The summed E-state index contributed by atoms with van der Waals surface area (Å²) in [6.45, 7) is 0.643. The zero-order chi connectivity index (χ0) is 29.1. The summed E-state index contributed by atoms with van der Waals surface area (Å²) in [6, 6.07) is 22.6. The van der Waals surface area contributed by atoms with Crippen molar-refractivity contribution >= 4 is 11.6 Å². The number of rotatable bonds is 7. The molecule has 5 rings (SSSR count). The molecule has 6 nitrogen and oxygen atoms in total. The summed E-state index contributed by atoms with van der Waals surface area (Å²) < 4.78 is 57.0.